The van der Waals surface area contributed by atoms with E-state index < -0.39 is 0 Å². The third-order valence-corrected chi connectivity index (χ3v) is 3.29. The normalized spacial score (nSPS) is 16.7. The van der Waals surface area contributed by atoms with Crippen LogP contribution < -0.4 is 10.2 Å². The van der Waals surface area contributed by atoms with Crippen LogP contribution in [0.5, 0.6) is 0 Å². The molecule has 0 bridgehead atoms. The van der Waals surface area contributed by atoms with E-state index in [2.05, 4.69) is 20.2 Å². The number of aromatic nitrogens is 2. The predicted molar refractivity (Wildman–Crippen MR) is 74.6 cm³/mol. The van der Waals surface area contributed by atoms with Crippen molar-refractivity contribution in [3.05, 3.63) is 11.9 Å². The molecule has 2 rings (SSSR count). The van der Waals surface area contributed by atoms with Gasteiger partial charge in [0.05, 0.1) is 19.3 Å². The van der Waals surface area contributed by atoms with Crippen molar-refractivity contribution in [2.75, 3.05) is 43.6 Å². The number of ether oxygens (including phenoxy) is 1. The number of rotatable bonds is 5. The summed E-state index contributed by atoms with van der Waals surface area (Å²) in [6, 6.07) is 1.97. The van der Waals surface area contributed by atoms with Gasteiger partial charge in [-0.3, -0.25) is 0 Å². The van der Waals surface area contributed by atoms with Gasteiger partial charge in [0.1, 0.15) is 17.5 Å². The first kappa shape index (κ1) is 14.0. The van der Waals surface area contributed by atoms with Crippen LogP contribution in [0.4, 0.5) is 11.6 Å². The van der Waals surface area contributed by atoms with Crippen LogP contribution in [0.15, 0.2) is 6.07 Å². The van der Waals surface area contributed by atoms with Crippen LogP contribution in [0, 0.1) is 6.92 Å². The first-order chi connectivity index (χ1) is 9.22. The monoisotopic (exact) mass is 266 g/mol. The first-order valence-corrected chi connectivity index (χ1v) is 6.73. The van der Waals surface area contributed by atoms with Crippen molar-refractivity contribution in [1.29, 1.82) is 0 Å². The lowest BCUT2D eigenvalue weighted by Gasteiger charge is -2.32. The highest BCUT2D eigenvalue weighted by molar-refractivity contribution is 5.49. The summed E-state index contributed by atoms with van der Waals surface area (Å²) in [4.78, 5) is 11.0. The molecule has 19 heavy (non-hydrogen) atoms. The average Bonchev–Trinajstić information content (AvgIpc) is 2.45. The van der Waals surface area contributed by atoms with Crippen LogP contribution in [0.2, 0.25) is 0 Å². The van der Waals surface area contributed by atoms with Crippen molar-refractivity contribution < 1.29 is 9.84 Å². The van der Waals surface area contributed by atoms with Gasteiger partial charge in [0, 0.05) is 26.2 Å². The maximum absolute atomic E-state index is 8.76. The molecule has 106 valence electrons. The van der Waals surface area contributed by atoms with Crippen LogP contribution in [-0.4, -0.2) is 54.5 Å². The molecule has 1 saturated heterocycles. The highest BCUT2D eigenvalue weighted by atomic mass is 16.5. The molecule has 0 unspecified atom stereocenters. The third-order valence-electron chi connectivity index (χ3n) is 3.29. The lowest BCUT2D eigenvalue weighted by molar-refractivity contribution is 0.0158. The van der Waals surface area contributed by atoms with E-state index in [1.54, 1.807) is 0 Å². The Bertz CT molecular complexity index is 406. The van der Waals surface area contributed by atoms with Gasteiger partial charge in [0.25, 0.3) is 0 Å². The standard InChI is InChI=1S/C13H22N4O2/c1-10-15-12(14-2)9-13(16-10)17-5-3-11(4-6-17)19-8-7-18/h9,11,18H,3-8H2,1-2H3,(H,14,15,16). The van der Waals surface area contributed by atoms with E-state index in [9.17, 15) is 0 Å². The predicted octanol–water partition coefficient (Wildman–Crippen LogP) is 0.804. The highest BCUT2D eigenvalue weighted by Gasteiger charge is 2.21. The van der Waals surface area contributed by atoms with Gasteiger partial charge < -0.3 is 20.1 Å². The molecule has 1 aliphatic heterocycles. The minimum absolute atomic E-state index is 0.0941. The molecule has 6 nitrogen and oxygen atoms in total. The number of aliphatic hydroxyl groups is 1. The summed E-state index contributed by atoms with van der Waals surface area (Å²) in [6.07, 6.45) is 2.20. The number of hydrogen-bond acceptors (Lipinski definition) is 6. The maximum Gasteiger partial charge on any atom is 0.134 e. The van der Waals surface area contributed by atoms with Gasteiger partial charge in [0.15, 0.2) is 0 Å². The molecule has 1 aliphatic rings. The minimum Gasteiger partial charge on any atom is -0.394 e. The van der Waals surface area contributed by atoms with Gasteiger partial charge in [-0.25, -0.2) is 9.97 Å². The number of aryl methyl sites for hydroxylation is 1. The molecule has 2 heterocycles. The Balaban J connectivity index is 1.95. The molecular formula is C13H22N4O2. The van der Waals surface area contributed by atoms with Crippen LogP contribution in [0.1, 0.15) is 18.7 Å². The fourth-order valence-corrected chi connectivity index (χ4v) is 2.31. The molecule has 1 aromatic heterocycles. The van der Waals surface area contributed by atoms with E-state index in [0.29, 0.717) is 6.61 Å². The topological polar surface area (TPSA) is 70.5 Å². The summed E-state index contributed by atoms with van der Waals surface area (Å²) in [7, 11) is 1.86. The quantitative estimate of drug-likeness (QED) is 0.821. The van der Waals surface area contributed by atoms with E-state index in [-0.39, 0.29) is 12.7 Å². The molecule has 1 aromatic rings. The fourth-order valence-electron chi connectivity index (χ4n) is 2.31. The van der Waals surface area contributed by atoms with Crippen molar-refractivity contribution >= 4 is 11.6 Å². The SMILES string of the molecule is CNc1cc(N2CCC(OCCO)CC2)nc(C)n1. The molecule has 2 N–H and O–H groups in total. The van der Waals surface area contributed by atoms with E-state index in [1.165, 1.54) is 0 Å². The van der Waals surface area contributed by atoms with Gasteiger partial charge in [-0.2, -0.15) is 0 Å². The van der Waals surface area contributed by atoms with E-state index in [1.807, 2.05) is 20.0 Å². The maximum atomic E-state index is 8.76. The summed E-state index contributed by atoms with van der Waals surface area (Å²) in [5.74, 6) is 2.60. The van der Waals surface area contributed by atoms with E-state index in [4.69, 9.17) is 9.84 Å². The van der Waals surface area contributed by atoms with Crippen LogP contribution in [0.3, 0.4) is 0 Å². The third kappa shape index (κ3) is 3.78. The molecule has 0 aliphatic carbocycles. The number of hydrogen-bond donors (Lipinski definition) is 2. The Morgan fingerprint density at radius 1 is 1.42 bits per heavy atom. The smallest absolute Gasteiger partial charge is 0.134 e. The zero-order valence-corrected chi connectivity index (χ0v) is 11.6. The number of aliphatic hydroxyl groups excluding tert-OH is 1. The highest BCUT2D eigenvalue weighted by Crippen LogP contribution is 2.21. The molecule has 0 radical (unpaired) electrons. The van der Waals surface area contributed by atoms with E-state index >= 15 is 0 Å². The van der Waals surface area contributed by atoms with Crippen LogP contribution in [0.25, 0.3) is 0 Å². The minimum atomic E-state index is 0.0941. The van der Waals surface area contributed by atoms with Crippen LogP contribution in [-0.2, 0) is 4.74 Å². The molecular weight excluding hydrogens is 244 g/mol. The zero-order valence-electron chi connectivity index (χ0n) is 11.6. The molecule has 0 saturated carbocycles. The largest absolute Gasteiger partial charge is 0.394 e. The number of anilines is 2. The summed E-state index contributed by atoms with van der Waals surface area (Å²) in [5.41, 5.74) is 0. The first-order valence-electron chi connectivity index (χ1n) is 6.73. The summed E-state index contributed by atoms with van der Waals surface area (Å²) in [6.45, 7) is 4.28. The summed E-state index contributed by atoms with van der Waals surface area (Å²) < 4.78 is 5.56. The second-order valence-electron chi connectivity index (χ2n) is 4.69. The lowest BCUT2D eigenvalue weighted by Crippen LogP contribution is -2.38. The molecule has 0 spiro atoms. The van der Waals surface area contributed by atoms with Crippen molar-refractivity contribution in [2.45, 2.75) is 25.9 Å². The Morgan fingerprint density at radius 3 is 2.79 bits per heavy atom. The Labute approximate surface area is 113 Å². The van der Waals surface area contributed by atoms with Crippen molar-refractivity contribution in [3.63, 3.8) is 0 Å². The number of nitrogens with zero attached hydrogens (tertiary/aromatic N) is 3. The van der Waals surface area contributed by atoms with Gasteiger partial charge in [0.2, 0.25) is 0 Å². The van der Waals surface area contributed by atoms with Crippen molar-refractivity contribution in [3.8, 4) is 0 Å². The van der Waals surface area contributed by atoms with Gasteiger partial charge >= 0.3 is 0 Å². The zero-order chi connectivity index (χ0) is 13.7. The van der Waals surface area contributed by atoms with Gasteiger partial charge in [-0.15, -0.1) is 0 Å². The molecule has 0 atom stereocenters. The van der Waals surface area contributed by atoms with Gasteiger partial charge in [-0.05, 0) is 19.8 Å². The summed E-state index contributed by atoms with van der Waals surface area (Å²) in [5, 5.41) is 11.8. The Kier molecular flexibility index (Phi) is 4.93. The fraction of sp³-hybridized carbons (Fsp3) is 0.692. The molecule has 0 amide bonds. The molecule has 0 aromatic carbocycles. The van der Waals surface area contributed by atoms with Crippen molar-refractivity contribution in [1.82, 2.24) is 9.97 Å². The number of piperidine rings is 1. The number of nitrogens with one attached hydrogen (secondary N) is 1. The molecule has 1 fully saturated rings. The summed E-state index contributed by atoms with van der Waals surface area (Å²) >= 11 is 0. The van der Waals surface area contributed by atoms with Gasteiger partial charge in [-0.1, -0.05) is 0 Å². The lowest BCUT2D eigenvalue weighted by atomic mass is 10.1. The second kappa shape index (κ2) is 6.68. The average molecular weight is 266 g/mol. The Hall–Kier alpha value is -1.40. The Morgan fingerprint density at radius 2 is 2.16 bits per heavy atom. The van der Waals surface area contributed by atoms with E-state index in [0.717, 1.165) is 43.4 Å². The van der Waals surface area contributed by atoms with Crippen LogP contribution >= 0.6 is 0 Å². The van der Waals surface area contributed by atoms with Crippen molar-refractivity contribution in [2.24, 2.45) is 0 Å². The molecule has 6 heteroatoms. The second-order valence-corrected chi connectivity index (χ2v) is 4.69.